The Morgan fingerprint density at radius 2 is 1.87 bits per heavy atom. The third-order valence-electron chi connectivity index (χ3n) is 6.62. The molecule has 0 bridgehead atoms. The highest BCUT2D eigenvalue weighted by Crippen LogP contribution is 2.49. The van der Waals surface area contributed by atoms with Crippen LogP contribution >= 0.6 is 11.6 Å². The van der Waals surface area contributed by atoms with Crippen molar-refractivity contribution in [1.82, 2.24) is 39.3 Å². The summed E-state index contributed by atoms with van der Waals surface area (Å²) in [6.07, 6.45) is 6.00. The molecule has 6 rings (SSSR count). The fourth-order valence-electron chi connectivity index (χ4n) is 4.88. The van der Waals surface area contributed by atoms with Gasteiger partial charge in [0.1, 0.15) is 5.69 Å². The van der Waals surface area contributed by atoms with Crippen LogP contribution in [0.2, 0.25) is 5.02 Å². The van der Waals surface area contributed by atoms with Gasteiger partial charge in [0.25, 0.3) is 0 Å². The van der Waals surface area contributed by atoms with Crippen LogP contribution in [-0.4, -0.2) is 45.2 Å². The number of hydrogen-bond donors (Lipinski definition) is 1. The molecule has 10 nitrogen and oxygen atoms in total. The number of halogens is 5. The maximum Gasteiger partial charge on any atom is 0.333 e. The third-order valence-corrected chi connectivity index (χ3v) is 6.91. The van der Waals surface area contributed by atoms with Gasteiger partial charge in [-0.1, -0.05) is 11.6 Å². The molecule has 1 aliphatic carbocycles. The number of fused-ring (bicyclic) bond motifs is 3. The van der Waals surface area contributed by atoms with Gasteiger partial charge in [0.2, 0.25) is 11.9 Å². The minimum atomic E-state index is -2.86. The molecule has 0 saturated heterocycles. The highest BCUT2D eigenvalue weighted by Gasteiger charge is 2.48. The van der Waals surface area contributed by atoms with E-state index < -0.39 is 35.6 Å². The number of carbonyl (C=O) groups excluding carboxylic acids is 1. The first-order valence-corrected chi connectivity index (χ1v) is 11.8. The number of hydrogen-bond acceptors (Lipinski definition) is 7. The van der Waals surface area contributed by atoms with Crippen molar-refractivity contribution >= 4 is 28.8 Å². The molecule has 0 unspecified atom stereocenters. The lowest BCUT2D eigenvalue weighted by atomic mass is 9.82. The number of carbonyl (C=O) groups is 1. The van der Waals surface area contributed by atoms with Gasteiger partial charge in [-0.05, 0) is 25.5 Å². The molecular formula is C24H16ClF4N9O. The quantitative estimate of drug-likeness (QED) is 0.315. The molecule has 0 radical (unpaired) electrons. The van der Waals surface area contributed by atoms with E-state index in [4.69, 9.17) is 11.6 Å². The second-order valence-electron chi connectivity index (χ2n) is 9.12. The number of nitrogens with one attached hydrogen (secondary N) is 1. The summed E-state index contributed by atoms with van der Waals surface area (Å²) in [7, 11) is 0. The molecule has 15 heteroatoms. The van der Waals surface area contributed by atoms with E-state index in [1.54, 1.807) is 6.92 Å². The van der Waals surface area contributed by atoms with E-state index in [0.29, 0.717) is 15.9 Å². The van der Waals surface area contributed by atoms with Crippen molar-refractivity contribution in [2.24, 2.45) is 0 Å². The van der Waals surface area contributed by atoms with Crippen LogP contribution in [0.1, 0.15) is 42.8 Å². The second-order valence-corrected chi connectivity index (χ2v) is 9.52. The van der Waals surface area contributed by atoms with E-state index in [-0.39, 0.29) is 40.0 Å². The van der Waals surface area contributed by atoms with Gasteiger partial charge in [-0.2, -0.15) is 18.3 Å². The highest BCUT2D eigenvalue weighted by molar-refractivity contribution is 6.33. The molecule has 39 heavy (non-hydrogen) atoms. The molecule has 0 spiro atoms. The maximum absolute atomic E-state index is 14.1. The second kappa shape index (κ2) is 9.08. The van der Waals surface area contributed by atoms with Crippen molar-refractivity contribution < 1.29 is 22.4 Å². The number of alkyl halides is 2. The lowest BCUT2D eigenvalue weighted by molar-refractivity contribution is -0.117. The summed E-state index contributed by atoms with van der Waals surface area (Å²) in [5.41, 5.74) is 0.667. The highest BCUT2D eigenvalue weighted by atomic mass is 35.5. The molecule has 2 atom stereocenters. The smallest absolute Gasteiger partial charge is 0.324 e. The van der Waals surface area contributed by atoms with Crippen molar-refractivity contribution in [3.63, 3.8) is 0 Å². The predicted octanol–water partition coefficient (Wildman–Crippen LogP) is 4.54. The van der Waals surface area contributed by atoms with E-state index >= 15 is 0 Å². The van der Waals surface area contributed by atoms with Gasteiger partial charge < -0.3 is 5.32 Å². The molecule has 5 heterocycles. The Morgan fingerprint density at radius 1 is 1.10 bits per heavy atom. The van der Waals surface area contributed by atoms with Crippen molar-refractivity contribution in [2.75, 3.05) is 5.32 Å². The Hall–Kier alpha value is -4.46. The average Bonchev–Trinajstić information content (AvgIpc) is 3.61. The van der Waals surface area contributed by atoms with Crippen LogP contribution < -0.4 is 5.32 Å². The van der Waals surface area contributed by atoms with Crippen molar-refractivity contribution in [2.45, 2.75) is 31.2 Å². The molecule has 0 fully saturated rings. The Balaban J connectivity index is 1.36. The van der Waals surface area contributed by atoms with Crippen LogP contribution in [0.15, 0.2) is 49.2 Å². The number of aromatic nitrogens is 8. The van der Waals surface area contributed by atoms with E-state index in [1.165, 1.54) is 29.0 Å². The molecule has 0 aliphatic heterocycles. The first-order valence-electron chi connectivity index (χ1n) is 11.5. The summed E-state index contributed by atoms with van der Waals surface area (Å²) in [4.78, 5) is 29.7. The van der Waals surface area contributed by atoms with Gasteiger partial charge in [-0.15, -0.1) is 5.10 Å². The molecule has 5 aromatic heterocycles. The maximum atomic E-state index is 14.1. The van der Waals surface area contributed by atoms with Crippen LogP contribution in [-0.2, 0) is 10.2 Å². The molecule has 1 amide bonds. The Labute approximate surface area is 221 Å². The van der Waals surface area contributed by atoms with Crippen molar-refractivity contribution in [1.29, 1.82) is 0 Å². The summed E-state index contributed by atoms with van der Waals surface area (Å²) in [6, 6.07) is 4.01. The van der Waals surface area contributed by atoms with Crippen LogP contribution in [0, 0.1) is 11.8 Å². The molecular weight excluding hydrogens is 542 g/mol. The van der Waals surface area contributed by atoms with Crippen molar-refractivity contribution in [3.05, 3.63) is 82.9 Å². The summed E-state index contributed by atoms with van der Waals surface area (Å²) in [6.45, 7) is -1.13. The van der Waals surface area contributed by atoms with Gasteiger partial charge >= 0.3 is 6.55 Å². The number of rotatable bonds is 5. The molecule has 198 valence electrons. The third kappa shape index (κ3) is 4.16. The van der Waals surface area contributed by atoms with E-state index in [9.17, 15) is 22.4 Å². The Kier molecular flexibility index (Phi) is 5.79. The van der Waals surface area contributed by atoms with Gasteiger partial charge in [-0.25, -0.2) is 33.5 Å². The Bertz CT molecular complexity index is 1740. The van der Waals surface area contributed by atoms with Crippen molar-refractivity contribution in [3.8, 4) is 11.5 Å². The monoisotopic (exact) mass is 557 g/mol. The SMILES string of the molecule is C[C@]1(c2ccn(C(F)F)n2)C[C@@H](C(=O)Nc2cnc(-c3ncc(F)cn3)c(Cl)c2)c2cnc3cc(F)nn3c21. The standard InChI is InChI=1S/C24H16ClF4N9O/c1-24(16-2-3-37(35-16)23(28)29)6-13(14-10-30-18-5-17(27)36-38(18)20(14)24)22(39)34-12-4-15(25)19(31-9-12)21-32-7-11(26)8-33-21/h2-5,7-10,13,23H,6H2,1H3,(H,34,39)/t13-,24-/m1/s1. The van der Waals surface area contributed by atoms with Gasteiger partial charge in [-0.3, -0.25) is 4.79 Å². The lowest BCUT2D eigenvalue weighted by Crippen LogP contribution is -2.26. The average molecular weight is 558 g/mol. The normalized spacial score (nSPS) is 18.6. The number of pyridine rings is 1. The van der Waals surface area contributed by atoms with Crippen LogP contribution in [0.25, 0.3) is 17.2 Å². The van der Waals surface area contributed by atoms with Crippen LogP contribution in [0.3, 0.4) is 0 Å². The van der Waals surface area contributed by atoms with Gasteiger partial charge in [0.15, 0.2) is 17.3 Å². The summed E-state index contributed by atoms with van der Waals surface area (Å²) >= 11 is 6.33. The minimum Gasteiger partial charge on any atom is -0.324 e. The molecule has 5 aromatic rings. The summed E-state index contributed by atoms with van der Waals surface area (Å²) in [5, 5.41) is 10.8. The minimum absolute atomic E-state index is 0.101. The molecule has 1 aliphatic rings. The van der Waals surface area contributed by atoms with E-state index in [0.717, 1.165) is 24.7 Å². The zero-order chi connectivity index (χ0) is 27.5. The fourth-order valence-corrected chi connectivity index (χ4v) is 5.13. The fraction of sp³-hybridized carbons (Fsp3) is 0.208. The first-order chi connectivity index (χ1) is 18.6. The van der Waals surface area contributed by atoms with E-state index in [1.807, 2.05) is 0 Å². The topological polar surface area (TPSA) is 116 Å². The van der Waals surface area contributed by atoms with Crippen LogP contribution in [0.5, 0.6) is 0 Å². The van der Waals surface area contributed by atoms with E-state index in [2.05, 4.69) is 35.5 Å². The molecule has 0 saturated carbocycles. The largest absolute Gasteiger partial charge is 0.333 e. The number of amides is 1. The summed E-state index contributed by atoms with van der Waals surface area (Å²) < 4.78 is 55.6. The van der Waals surface area contributed by atoms with Gasteiger partial charge in [0.05, 0.1) is 52.0 Å². The lowest BCUT2D eigenvalue weighted by Gasteiger charge is -2.23. The zero-order valence-electron chi connectivity index (χ0n) is 19.9. The Morgan fingerprint density at radius 3 is 2.56 bits per heavy atom. The summed E-state index contributed by atoms with van der Waals surface area (Å²) in [5.74, 6) is -2.59. The molecule has 1 N–H and O–H groups in total. The van der Waals surface area contributed by atoms with Crippen LogP contribution in [0.4, 0.5) is 23.2 Å². The predicted molar refractivity (Wildman–Crippen MR) is 129 cm³/mol. The first kappa shape index (κ1) is 24.9. The molecule has 0 aromatic carbocycles. The van der Waals surface area contributed by atoms with Gasteiger partial charge in [0, 0.05) is 24.0 Å². The number of nitrogens with zero attached hydrogens (tertiary/aromatic N) is 8. The number of anilines is 1. The zero-order valence-corrected chi connectivity index (χ0v) is 20.6.